The minimum atomic E-state index is -0.247. The van der Waals surface area contributed by atoms with Crippen LogP contribution < -0.4 is 15.5 Å². The molecule has 0 aliphatic carbocycles. The van der Waals surface area contributed by atoms with Crippen molar-refractivity contribution in [2.45, 2.75) is 39.7 Å². The van der Waals surface area contributed by atoms with Crippen LogP contribution >= 0.6 is 0 Å². The molecule has 1 aromatic heterocycles. The summed E-state index contributed by atoms with van der Waals surface area (Å²) in [6.07, 6.45) is 2.28. The maximum absolute atomic E-state index is 12.1. The number of aromatic nitrogens is 2. The Kier molecular flexibility index (Phi) is 5.55. The highest BCUT2D eigenvalue weighted by molar-refractivity contribution is 5.96. The van der Waals surface area contributed by atoms with Gasteiger partial charge in [-0.3, -0.25) is 9.48 Å². The van der Waals surface area contributed by atoms with E-state index in [4.69, 9.17) is 0 Å². The molecule has 2 aromatic rings. The van der Waals surface area contributed by atoms with E-state index >= 15 is 0 Å². The Morgan fingerprint density at radius 1 is 1.27 bits per heavy atom. The van der Waals surface area contributed by atoms with Crippen LogP contribution in [-0.2, 0) is 11.3 Å². The molecule has 2 heterocycles. The van der Waals surface area contributed by atoms with Gasteiger partial charge in [-0.25, -0.2) is 4.79 Å². The second-order valence-electron chi connectivity index (χ2n) is 6.58. The Hall–Kier alpha value is -2.83. The Morgan fingerprint density at radius 2 is 2.12 bits per heavy atom. The summed E-state index contributed by atoms with van der Waals surface area (Å²) >= 11 is 0. The molecule has 7 heteroatoms. The van der Waals surface area contributed by atoms with E-state index in [1.54, 1.807) is 4.90 Å². The summed E-state index contributed by atoms with van der Waals surface area (Å²) in [6.45, 7) is 6.07. The molecule has 1 fully saturated rings. The average Bonchev–Trinajstić information content (AvgIpc) is 3.17. The number of hydrogen-bond donors (Lipinski definition) is 2. The van der Waals surface area contributed by atoms with Crippen molar-refractivity contribution in [1.29, 1.82) is 0 Å². The van der Waals surface area contributed by atoms with Gasteiger partial charge < -0.3 is 15.5 Å². The minimum absolute atomic E-state index is 0.135. The van der Waals surface area contributed by atoms with Crippen molar-refractivity contribution < 1.29 is 9.59 Å². The molecule has 7 nitrogen and oxygen atoms in total. The molecule has 1 aliphatic rings. The number of rotatable bonds is 6. The smallest absolute Gasteiger partial charge is 0.319 e. The predicted octanol–water partition coefficient (Wildman–Crippen LogP) is 2.84. The van der Waals surface area contributed by atoms with Crippen molar-refractivity contribution in [3.05, 3.63) is 41.7 Å². The van der Waals surface area contributed by atoms with E-state index in [0.717, 1.165) is 43.0 Å². The molecule has 1 saturated heterocycles. The molecule has 0 unspecified atom stereocenters. The SMILES string of the molecule is Cc1cc(C)n(CCCNC(=O)Nc2cccc(N3CCCC3=O)c2)n1. The average molecular weight is 355 g/mol. The van der Waals surface area contributed by atoms with Gasteiger partial charge in [0, 0.05) is 43.1 Å². The van der Waals surface area contributed by atoms with E-state index in [-0.39, 0.29) is 11.9 Å². The monoisotopic (exact) mass is 355 g/mol. The molecular weight excluding hydrogens is 330 g/mol. The Bertz CT molecular complexity index is 799. The van der Waals surface area contributed by atoms with E-state index in [1.165, 1.54) is 0 Å². The molecule has 0 spiro atoms. The van der Waals surface area contributed by atoms with Crippen LogP contribution in [0.2, 0.25) is 0 Å². The predicted molar refractivity (Wildman–Crippen MR) is 101 cm³/mol. The second kappa shape index (κ2) is 8.03. The number of aryl methyl sites for hydroxylation is 3. The fourth-order valence-corrected chi connectivity index (χ4v) is 3.18. The molecule has 3 amide bonds. The summed E-state index contributed by atoms with van der Waals surface area (Å²) in [7, 11) is 0. The Labute approximate surface area is 153 Å². The van der Waals surface area contributed by atoms with Crippen LogP contribution in [0.5, 0.6) is 0 Å². The number of urea groups is 1. The summed E-state index contributed by atoms with van der Waals surface area (Å²) in [4.78, 5) is 25.7. The third-order valence-corrected chi connectivity index (χ3v) is 4.42. The third-order valence-electron chi connectivity index (χ3n) is 4.42. The van der Waals surface area contributed by atoms with Crippen molar-refractivity contribution in [3.8, 4) is 0 Å². The first-order valence-corrected chi connectivity index (χ1v) is 8.99. The first-order chi connectivity index (χ1) is 12.5. The van der Waals surface area contributed by atoms with Crippen molar-refractivity contribution in [1.82, 2.24) is 15.1 Å². The first kappa shape index (κ1) is 18.0. The lowest BCUT2D eigenvalue weighted by atomic mass is 10.2. The zero-order chi connectivity index (χ0) is 18.5. The third kappa shape index (κ3) is 4.41. The van der Waals surface area contributed by atoms with Crippen molar-refractivity contribution in [3.63, 3.8) is 0 Å². The molecule has 0 bridgehead atoms. The van der Waals surface area contributed by atoms with Gasteiger partial charge in [0.15, 0.2) is 0 Å². The number of nitrogens with zero attached hydrogens (tertiary/aromatic N) is 3. The lowest BCUT2D eigenvalue weighted by Gasteiger charge is -2.17. The summed E-state index contributed by atoms with van der Waals surface area (Å²) in [6, 6.07) is 9.18. The fraction of sp³-hybridized carbons (Fsp3) is 0.421. The van der Waals surface area contributed by atoms with Crippen molar-refractivity contribution in [2.75, 3.05) is 23.3 Å². The van der Waals surface area contributed by atoms with Crippen molar-refractivity contribution >= 4 is 23.3 Å². The van der Waals surface area contributed by atoms with Gasteiger partial charge in [-0.1, -0.05) is 6.07 Å². The van der Waals surface area contributed by atoms with Crippen LogP contribution in [0.4, 0.5) is 16.2 Å². The van der Waals surface area contributed by atoms with Gasteiger partial charge in [0.25, 0.3) is 0 Å². The van der Waals surface area contributed by atoms with Crippen LogP contribution in [0.3, 0.4) is 0 Å². The number of benzene rings is 1. The van der Waals surface area contributed by atoms with Gasteiger partial charge in [-0.05, 0) is 51.0 Å². The normalized spacial score (nSPS) is 13.9. The number of nitrogens with one attached hydrogen (secondary N) is 2. The van der Waals surface area contributed by atoms with Gasteiger partial charge >= 0.3 is 6.03 Å². The number of hydrogen-bond acceptors (Lipinski definition) is 3. The molecule has 26 heavy (non-hydrogen) atoms. The molecular formula is C19H25N5O2. The van der Waals surface area contributed by atoms with Gasteiger partial charge in [0.1, 0.15) is 0 Å². The Morgan fingerprint density at radius 3 is 2.81 bits per heavy atom. The zero-order valence-corrected chi connectivity index (χ0v) is 15.3. The first-order valence-electron chi connectivity index (χ1n) is 8.99. The second-order valence-corrected chi connectivity index (χ2v) is 6.58. The molecule has 0 atom stereocenters. The summed E-state index contributed by atoms with van der Waals surface area (Å²) in [5, 5.41) is 10.1. The molecule has 1 aromatic carbocycles. The number of amides is 3. The largest absolute Gasteiger partial charge is 0.338 e. The lowest BCUT2D eigenvalue weighted by molar-refractivity contribution is -0.117. The number of anilines is 2. The van der Waals surface area contributed by atoms with E-state index in [0.29, 0.717) is 18.7 Å². The number of carbonyl (C=O) groups is 2. The lowest BCUT2D eigenvalue weighted by Crippen LogP contribution is -2.30. The van der Waals surface area contributed by atoms with E-state index in [1.807, 2.05) is 48.9 Å². The molecule has 1 aliphatic heterocycles. The van der Waals surface area contributed by atoms with E-state index < -0.39 is 0 Å². The Balaban J connectivity index is 1.46. The molecule has 2 N–H and O–H groups in total. The van der Waals surface area contributed by atoms with Crippen LogP contribution in [0.15, 0.2) is 30.3 Å². The maximum Gasteiger partial charge on any atom is 0.319 e. The molecule has 0 saturated carbocycles. The van der Waals surface area contributed by atoms with Gasteiger partial charge in [0.2, 0.25) is 5.91 Å². The standard InChI is InChI=1S/C19H25N5O2/c1-14-12-15(2)24(22-14)11-5-9-20-19(26)21-16-6-3-7-17(13-16)23-10-4-8-18(23)25/h3,6-7,12-13H,4-5,8-11H2,1-2H3,(H2,20,21,26). The van der Waals surface area contributed by atoms with E-state index in [9.17, 15) is 9.59 Å². The van der Waals surface area contributed by atoms with Crippen LogP contribution in [0, 0.1) is 13.8 Å². The highest BCUT2D eigenvalue weighted by atomic mass is 16.2. The molecule has 138 valence electrons. The molecule has 0 radical (unpaired) electrons. The van der Waals surface area contributed by atoms with Crippen molar-refractivity contribution in [2.24, 2.45) is 0 Å². The van der Waals surface area contributed by atoms with Gasteiger partial charge in [-0.2, -0.15) is 5.10 Å². The summed E-state index contributed by atoms with van der Waals surface area (Å²) in [5.41, 5.74) is 3.64. The maximum atomic E-state index is 12.1. The van der Waals surface area contributed by atoms with Crippen LogP contribution in [0.25, 0.3) is 0 Å². The number of carbonyl (C=O) groups excluding carboxylic acids is 2. The van der Waals surface area contributed by atoms with Crippen LogP contribution in [0.1, 0.15) is 30.7 Å². The highest BCUT2D eigenvalue weighted by Gasteiger charge is 2.21. The van der Waals surface area contributed by atoms with Gasteiger partial charge in [0.05, 0.1) is 5.69 Å². The van der Waals surface area contributed by atoms with E-state index in [2.05, 4.69) is 15.7 Å². The summed E-state index contributed by atoms with van der Waals surface area (Å²) in [5.74, 6) is 0.135. The van der Waals surface area contributed by atoms with Gasteiger partial charge in [-0.15, -0.1) is 0 Å². The topological polar surface area (TPSA) is 79.3 Å². The molecule has 3 rings (SSSR count). The highest BCUT2D eigenvalue weighted by Crippen LogP contribution is 2.24. The summed E-state index contributed by atoms with van der Waals surface area (Å²) < 4.78 is 1.95. The quantitative estimate of drug-likeness (QED) is 0.782. The zero-order valence-electron chi connectivity index (χ0n) is 15.3. The van der Waals surface area contributed by atoms with Crippen LogP contribution in [-0.4, -0.2) is 34.8 Å². The fourth-order valence-electron chi connectivity index (χ4n) is 3.18. The minimum Gasteiger partial charge on any atom is -0.338 e.